The van der Waals surface area contributed by atoms with Crippen LogP contribution in [0, 0.1) is 11.3 Å². The predicted octanol–water partition coefficient (Wildman–Crippen LogP) is 1.48. The molecule has 0 aromatic rings. The van der Waals surface area contributed by atoms with Crippen LogP contribution in [0.5, 0.6) is 0 Å². The van der Waals surface area contributed by atoms with Crippen molar-refractivity contribution >= 4 is 5.84 Å². The van der Waals surface area contributed by atoms with Gasteiger partial charge in [0.05, 0.1) is 11.9 Å². The zero-order valence-corrected chi connectivity index (χ0v) is 8.25. The minimum atomic E-state index is 0.354. The summed E-state index contributed by atoms with van der Waals surface area (Å²) in [5, 5.41) is 7.94. The summed E-state index contributed by atoms with van der Waals surface area (Å²) in [7, 11) is 1.77. The Morgan fingerprint density at radius 1 is 1.38 bits per heavy atom. The number of ether oxygens (including phenoxy) is 1. The van der Waals surface area contributed by atoms with Gasteiger partial charge in [-0.05, 0) is 25.7 Å². The van der Waals surface area contributed by atoms with Gasteiger partial charge in [0.25, 0.3) is 0 Å². The largest absolute Gasteiger partial charge is 0.380 e. The Kier molecular flexibility index (Phi) is 2.54. The summed E-state index contributed by atoms with van der Waals surface area (Å²) in [6.45, 7) is 2.00. The van der Waals surface area contributed by atoms with Crippen molar-refractivity contribution < 1.29 is 4.74 Å². The summed E-state index contributed by atoms with van der Waals surface area (Å²) in [5.41, 5.74) is 0. The van der Waals surface area contributed by atoms with Crippen molar-refractivity contribution in [2.24, 2.45) is 5.92 Å². The summed E-state index contributed by atoms with van der Waals surface area (Å²) < 4.78 is 5.33. The van der Waals surface area contributed by atoms with Crippen LogP contribution in [0.3, 0.4) is 0 Å². The Labute approximate surface area is 79.6 Å². The first-order valence-electron chi connectivity index (χ1n) is 5.17. The maximum Gasteiger partial charge on any atom is 0.0990 e. The zero-order chi connectivity index (χ0) is 9.26. The molecule has 3 heteroatoms. The molecule has 0 spiro atoms. The first-order valence-corrected chi connectivity index (χ1v) is 5.17. The number of rotatable bonds is 2. The van der Waals surface area contributed by atoms with E-state index in [1.165, 1.54) is 19.3 Å². The molecule has 1 heterocycles. The van der Waals surface area contributed by atoms with Crippen molar-refractivity contribution in [1.29, 1.82) is 5.41 Å². The lowest BCUT2D eigenvalue weighted by Gasteiger charge is -2.33. The molecule has 1 saturated carbocycles. The Morgan fingerprint density at radius 3 is 2.77 bits per heavy atom. The molecule has 0 amide bonds. The van der Waals surface area contributed by atoms with Crippen LogP contribution in [0.2, 0.25) is 0 Å². The average Bonchev–Trinajstić information content (AvgIpc) is 3.00. The van der Waals surface area contributed by atoms with E-state index in [0.717, 1.165) is 25.3 Å². The normalized spacial score (nSPS) is 29.0. The van der Waals surface area contributed by atoms with Crippen molar-refractivity contribution in [3.63, 3.8) is 0 Å². The highest BCUT2D eigenvalue weighted by Crippen LogP contribution is 2.32. The number of hydrogen-bond acceptors (Lipinski definition) is 2. The topological polar surface area (TPSA) is 36.3 Å². The Bertz CT molecular complexity index is 201. The third-order valence-electron chi connectivity index (χ3n) is 3.02. The van der Waals surface area contributed by atoms with Crippen LogP contribution >= 0.6 is 0 Å². The highest BCUT2D eigenvalue weighted by molar-refractivity contribution is 5.83. The maximum absolute atomic E-state index is 7.94. The van der Waals surface area contributed by atoms with Crippen molar-refractivity contribution in [3.05, 3.63) is 0 Å². The quantitative estimate of drug-likeness (QED) is 0.519. The molecule has 2 fully saturated rings. The SMILES string of the molecule is COC1CCCN(C(=N)C2CC2)C1. The smallest absolute Gasteiger partial charge is 0.0990 e. The molecule has 1 unspecified atom stereocenters. The van der Waals surface area contributed by atoms with Gasteiger partial charge >= 0.3 is 0 Å². The molecule has 1 aliphatic carbocycles. The van der Waals surface area contributed by atoms with Crippen molar-refractivity contribution in [3.8, 4) is 0 Å². The fourth-order valence-corrected chi connectivity index (χ4v) is 1.96. The Hall–Kier alpha value is -0.570. The van der Waals surface area contributed by atoms with Gasteiger partial charge < -0.3 is 9.64 Å². The number of nitrogens with one attached hydrogen (secondary N) is 1. The highest BCUT2D eigenvalue weighted by Gasteiger charge is 2.32. The van der Waals surface area contributed by atoms with Crippen LogP contribution in [-0.2, 0) is 4.74 Å². The van der Waals surface area contributed by atoms with E-state index < -0.39 is 0 Å². The van der Waals surface area contributed by atoms with E-state index in [2.05, 4.69) is 4.90 Å². The molecule has 13 heavy (non-hydrogen) atoms. The molecule has 0 aromatic carbocycles. The van der Waals surface area contributed by atoms with E-state index >= 15 is 0 Å². The molecule has 0 bridgehead atoms. The van der Waals surface area contributed by atoms with Gasteiger partial charge in [-0.1, -0.05) is 0 Å². The standard InChI is InChI=1S/C10H18N2O/c1-13-9-3-2-6-12(7-9)10(11)8-4-5-8/h8-9,11H,2-7H2,1H3. The molecule has 74 valence electrons. The second-order valence-electron chi connectivity index (χ2n) is 4.11. The molecule has 1 atom stereocenters. The second kappa shape index (κ2) is 3.66. The Morgan fingerprint density at radius 2 is 2.15 bits per heavy atom. The molecule has 1 aliphatic heterocycles. The molecule has 0 aromatic heterocycles. The van der Waals surface area contributed by atoms with Crippen LogP contribution < -0.4 is 0 Å². The maximum atomic E-state index is 7.94. The third-order valence-corrected chi connectivity index (χ3v) is 3.02. The van der Waals surface area contributed by atoms with Gasteiger partial charge in [0, 0.05) is 26.1 Å². The molecule has 2 aliphatic rings. The van der Waals surface area contributed by atoms with E-state index in [9.17, 15) is 0 Å². The van der Waals surface area contributed by atoms with E-state index in [0.29, 0.717) is 12.0 Å². The van der Waals surface area contributed by atoms with E-state index in [-0.39, 0.29) is 0 Å². The van der Waals surface area contributed by atoms with Crippen molar-refractivity contribution in [1.82, 2.24) is 4.90 Å². The van der Waals surface area contributed by atoms with E-state index in [4.69, 9.17) is 10.1 Å². The van der Waals surface area contributed by atoms with Gasteiger partial charge in [-0.2, -0.15) is 0 Å². The number of hydrogen-bond donors (Lipinski definition) is 1. The molecule has 2 rings (SSSR count). The summed E-state index contributed by atoms with van der Waals surface area (Å²) in [4.78, 5) is 2.20. The summed E-state index contributed by atoms with van der Waals surface area (Å²) >= 11 is 0. The van der Waals surface area contributed by atoms with Crippen LogP contribution in [0.15, 0.2) is 0 Å². The molecule has 3 nitrogen and oxygen atoms in total. The molecule has 1 saturated heterocycles. The van der Waals surface area contributed by atoms with Crippen LogP contribution in [0.1, 0.15) is 25.7 Å². The number of methoxy groups -OCH3 is 1. The minimum Gasteiger partial charge on any atom is -0.380 e. The second-order valence-corrected chi connectivity index (χ2v) is 4.11. The van der Waals surface area contributed by atoms with Crippen molar-refractivity contribution in [2.45, 2.75) is 31.8 Å². The predicted molar refractivity (Wildman–Crippen MR) is 52.1 cm³/mol. The third kappa shape index (κ3) is 2.02. The number of amidine groups is 1. The van der Waals surface area contributed by atoms with Gasteiger partial charge in [-0.15, -0.1) is 0 Å². The monoisotopic (exact) mass is 182 g/mol. The summed E-state index contributed by atoms with van der Waals surface area (Å²) in [6, 6.07) is 0. The van der Waals surface area contributed by atoms with Crippen LogP contribution in [-0.4, -0.2) is 37.0 Å². The first-order chi connectivity index (χ1) is 6.31. The van der Waals surface area contributed by atoms with Gasteiger partial charge in [0.1, 0.15) is 0 Å². The molecular formula is C10H18N2O. The van der Waals surface area contributed by atoms with Gasteiger partial charge in [-0.25, -0.2) is 0 Å². The molecule has 1 N–H and O–H groups in total. The van der Waals surface area contributed by atoms with Crippen LogP contribution in [0.4, 0.5) is 0 Å². The lowest BCUT2D eigenvalue weighted by atomic mass is 10.1. The number of piperidine rings is 1. The summed E-state index contributed by atoms with van der Waals surface area (Å²) in [6.07, 6.45) is 5.14. The number of nitrogens with zero attached hydrogens (tertiary/aromatic N) is 1. The van der Waals surface area contributed by atoms with Gasteiger partial charge in [0.2, 0.25) is 0 Å². The Balaban J connectivity index is 1.87. The van der Waals surface area contributed by atoms with Crippen LogP contribution in [0.25, 0.3) is 0 Å². The molecular weight excluding hydrogens is 164 g/mol. The molecule has 0 radical (unpaired) electrons. The van der Waals surface area contributed by atoms with Gasteiger partial charge in [-0.3, -0.25) is 5.41 Å². The highest BCUT2D eigenvalue weighted by atomic mass is 16.5. The lowest BCUT2D eigenvalue weighted by Crippen LogP contribution is -2.43. The average molecular weight is 182 g/mol. The van der Waals surface area contributed by atoms with Gasteiger partial charge in [0.15, 0.2) is 0 Å². The lowest BCUT2D eigenvalue weighted by molar-refractivity contribution is 0.0526. The summed E-state index contributed by atoms with van der Waals surface area (Å²) in [5.74, 6) is 1.44. The van der Waals surface area contributed by atoms with E-state index in [1.807, 2.05) is 0 Å². The fraction of sp³-hybridized carbons (Fsp3) is 0.900. The van der Waals surface area contributed by atoms with Crippen molar-refractivity contribution in [2.75, 3.05) is 20.2 Å². The van der Waals surface area contributed by atoms with E-state index in [1.54, 1.807) is 7.11 Å². The first kappa shape index (κ1) is 9.00. The fourth-order valence-electron chi connectivity index (χ4n) is 1.96. The minimum absolute atomic E-state index is 0.354. The number of likely N-dealkylation sites (tertiary alicyclic amines) is 1. The zero-order valence-electron chi connectivity index (χ0n) is 8.25.